The first-order valence-electron chi connectivity index (χ1n) is 5.17. The standard InChI is InChI=1S/C11H22O2/c1-3-4-5-6-7-11(13)8-10(2)9-12/h8,11-13H,3-7,9H2,1-2H3/b10-8-. The van der Waals surface area contributed by atoms with Crippen molar-refractivity contribution >= 4 is 0 Å². The molecule has 0 aromatic carbocycles. The second-order valence-electron chi connectivity index (χ2n) is 3.59. The van der Waals surface area contributed by atoms with Gasteiger partial charge in [0.15, 0.2) is 0 Å². The Morgan fingerprint density at radius 3 is 2.54 bits per heavy atom. The van der Waals surface area contributed by atoms with Crippen LogP contribution in [0.15, 0.2) is 11.6 Å². The highest BCUT2D eigenvalue weighted by atomic mass is 16.3. The van der Waals surface area contributed by atoms with Gasteiger partial charge in [0.2, 0.25) is 0 Å². The van der Waals surface area contributed by atoms with Crippen molar-refractivity contribution in [2.75, 3.05) is 6.61 Å². The molecule has 0 aromatic rings. The second-order valence-corrected chi connectivity index (χ2v) is 3.59. The third-order valence-corrected chi connectivity index (χ3v) is 2.08. The highest BCUT2D eigenvalue weighted by Crippen LogP contribution is 2.07. The molecule has 1 atom stereocenters. The predicted molar refractivity (Wildman–Crippen MR) is 55.6 cm³/mol. The van der Waals surface area contributed by atoms with Gasteiger partial charge in [-0.15, -0.1) is 0 Å². The highest BCUT2D eigenvalue weighted by Gasteiger charge is 1.99. The van der Waals surface area contributed by atoms with Crippen molar-refractivity contribution in [2.24, 2.45) is 0 Å². The average Bonchev–Trinajstić information content (AvgIpc) is 2.12. The summed E-state index contributed by atoms with van der Waals surface area (Å²) in [6, 6.07) is 0. The number of aliphatic hydroxyl groups is 2. The van der Waals surface area contributed by atoms with Crippen molar-refractivity contribution in [3.05, 3.63) is 11.6 Å². The van der Waals surface area contributed by atoms with E-state index < -0.39 is 0 Å². The molecule has 2 nitrogen and oxygen atoms in total. The quantitative estimate of drug-likeness (QED) is 0.473. The van der Waals surface area contributed by atoms with Crippen LogP contribution in [0.25, 0.3) is 0 Å². The van der Waals surface area contributed by atoms with E-state index in [1.807, 2.05) is 6.92 Å². The molecule has 0 aliphatic carbocycles. The summed E-state index contributed by atoms with van der Waals surface area (Å²) in [5.41, 5.74) is 0.850. The average molecular weight is 186 g/mol. The lowest BCUT2D eigenvalue weighted by atomic mass is 10.1. The Morgan fingerprint density at radius 2 is 2.00 bits per heavy atom. The normalized spacial score (nSPS) is 14.6. The number of hydrogen-bond acceptors (Lipinski definition) is 2. The summed E-state index contributed by atoms with van der Waals surface area (Å²) in [5.74, 6) is 0. The zero-order valence-corrected chi connectivity index (χ0v) is 8.79. The molecule has 0 bridgehead atoms. The predicted octanol–water partition coefficient (Wildman–Crippen LogP) is 2.26. The van der Waals surface area contributed by atoms with E-state index in [2.05, 4.69) is 6.92 Å². The van der Waals surface area contributed by atoms with E-state index in [1.54, 1.807) is 6.08 Å². The summed E-state index contributed by atoms with van der Waals surface area (Å²) >= 11 is 0. The minimum atomic E-state index is -0.371. The van der Waals surface area contributed by atoms with E-state index in [4.69, 9.17) is 5.11 Å². The molecule has 0 aliphatic rings. The molecular formula is C11H22O2. The maximum Gasteiger partial charge on any atom is 0.0724 e. The van der Waals surface area contributed by atoms with Crippen molar-refractivity contribution < 1.29 is 10.2 Å². The van der Waals surface area contributed by atoms with Crippen molar-refractivity contribution in [2.45, 2.75) is 52.1 Å². The van der Waals surface area contributed by atoms with Gasteiger partial charge >= 0.3 is 0 Å². The van der Waals surface area contributed by atoms with Gasteiger partial charge in [-0.25, -0.2) is 0 Å². The summed E-state index contributed by atoms with van der Waals surface area (Å²) < 4.78 is 0. The monoisotopic (exact) mass is 186 g/mol. The molecular weight excluding hydrogens is 164 g/mol. The Kier molecular flexibility index (Phi) is 8.05. The third-order valence-electron chi connectivity index (χ3n) is 2.08. The van der Waals surface area contributed by atoms with E-state index in [0.717, 1.165) is 18.4 Å². The molecule has 78 valence electrons. The van der Waals surface area contributed by atoms with E-state index in [1.165, 1.54) is 19.3 Å². The second kappa shape index (κ2) is 8.27. The van der Waals surface area contributed by atoms with E-state index in [9.17, 15) is 5.11 Å². The van der Waals surface area contributed by atoms with Crippen LogP contribution >= 0.6 is 0 Å². The number of unbranched alkanes of at least 4 members (excludes halogenated alkanes) is 3. The first-order valence-corrected chi connectivity index (χ1v) is 5.17. The first-order chi connectivity index (χ1) is 6.20. The molecule has 2 N–H and O–H groups in total. The van der Waals surface area contributed by atoms with E-state index in [0.29, 0.717) is 0 Å². The van der Waals surface area contributed by atoms with Crippen LogP contribution in [-0.4, -0.2) is 22.9 Å². The molecule has 0 rings (SSSR count). The molecule has 0 fully saturated rings. The molecule has 2 heteroatoms. The van der Waals surface area contributed by atoms with Crippen LogP contribution in [0.5, 0.6) is 0 Å². The van der Waals surface area contributed by atoms with Gasteiger partial charge in [-0.05, 0) is 18.9 Å². The Labute approximate surface area is 81.3 Å². The highest BCUT2D eigenvalue weighted by molar-refractivity contribution is 5.01. The van der Waals surface area contributed by atoms with Crippen molar-refractivity contribution in [3.63, 3.8) is 0 Å². The Balaban J connectivity index is 3.45. The molecule has 0 heterocycles. The summed E-state index contributed by atoms with van der Waals surface area (Å²) in [6.07, 6.45) is 6.92. The maximum atomic E-state index is 9.46. The van der Waals surface area contributed by atoms with Crippen LogP contribution in [-0.2, 0) is 0 Å². The zero-order chi connectivity index (χ0) is 10.1. The van der Waals surface area contributed by atoms with Crippen LogP contribution in [0.3, 0.4) is 0 Å². The number of rotatable bonds is 7. The number of aliphatic hydroxyl groups excluding tert-OH is 2. The molecule has 0 saturated heterocycles. The van der Waals surface area contributed by atoms with Gasteiger partial charge in [-0.2, -0.15) is 0 Å². The first kappa shape index (κ1) is 12.7. The lowest BCUT2D eigenvalue weighted by Crippen LogP contribution is -2.03. The molecule has 1 unspecified atom stereocenters. The fourth-order valence-corrected chi connectivity index (χ4v) is 1.24. The van der Waals surface area contributed by atoms with Crippen molar-refractivity contribution in [1.29, 1.82) is 0 Å². The Bertz CT molecular complexity index is 141. The molecule has 0 spiro atoms. The summed E-state index contributed by atoms with van der Waals surface area (Å²) in [5, 5.41) is 18.2. The van der Waals surface area contributed by atoms with Crippen LogP contribution < -0.4 is 0 Å². The van der Waals surface area contributed by atoms with Crippen LogP contribution in [0.4, 0.5) is 0 Å². The maximum absolute atomic E-state index is 9.46. The van der Waals surface area contributed by atoms with Crippen LogP contribution in [0, 0.1) is 0 Å². The molecule has 0 saturated carbocycles. The van der Waals surface area contributed by atoms with Gasteiger partial charge in [-0.3, -0.25) is 0 Å². The summed E-state index contributed by atoms with van der Waals surface area (Å²) in [6.45, 7) is 4.05. The topological polar surface area (TPSA) is 40.5 Å². The molecule has 0 aliphatic heterocycles. The largest absolute Gasteiger partial charge is 0.392 e. The summed E-state index contributed by atoms with van der Waals surface area (Å²) in [7, 11) is 0. The smallest absolute Gasteiger partial charge is 0.0724 e. The lowest BCUT2D eigenvalue weighted by Gasteiger charge is -2.06. The van der Waals surface area contributed by atoms with Crippen LogP contribution in [0.2, 0.25) is 0 Å². The summed E-state index contributed by atoms with van der Waals surface area (Å²) in [4.78, 5) is 0. The van der Waals surface area contributed by atoms with Crippen molar-refractivity contribution in [1.82, 2.24) is 0 Å². The molecule has 0 aromatic heterocycles. The van der Waals surface area contributed by atoms with Gasteiger partial charge in [-0.1, -0.05) is 38.7 Å². The molecule has 13 heavy (non-hydrogen) atoms. The fourth-order valence-electron chi connectivity index (χ4n) is 1.24. The van der Waals surface area contributed by atoms with Gasteiger partial charge in [0.05, 0.1) is 12.7 Å². The van der Waals surface area contributed by atoms with E-state index >= 15 is 0 Å². The van der Waals surface area contributed by atoms with E-state index in [-0.39, 0.29) is 12.7 Å². The fraction of sp³-hybridized carbons (Fsp3) is 0.818. The Hall–Kier alpha value is -0.340. The molecule has 0 amide bonds. The lowest BCUT2D eigenvalue weighted by molar-refractivity contribution is 0.205. The van der Waals surface area contributed by atoms with Gasteiger partial charge < -0.3 is 10.2 Å². The Morgan fingerprint density at radius 1 is 1.31 bits per heavy atom. The minimum absolute atomic E-state index is 0.0476. The third kappa shape index (κ3) is 8.00. The van der Waals surface area contributed by atoms with Gasteiger partial charge in [0, 0.05) is 0 Å². The van der Waals surface area contributed by atoms with Gasteiger partial charge in [0.1, 0.15) is 0 Å². The van der Waals surface area contributed by atoms with Crippen molar-refractivity contribution in [3.8, 4) is 0 Å². The minimum Gasteiger partial charge on any atom is -0.392 e. The van der Waals surface area contributed by atoms with Gasteiger partial charge in [0.25, 0.3) is 0 Å². The zero-order valence-electron chi connectivity index (χ0n) is 8.79. The van der Waals surface area contributed by atoms with Crippen LogP contribution in [0.1, 0.15) is 46.0 Å². The molecule has 0 radical (unpaired) electrons. The SMILES string of the molecule is CCCCCCC(O)/C=C(/C)CO. The number of hydrogen-bond donors (Lipinski definition) is 2.